The molecule has 1 rings (SSSR count). The van der Waals surface area contributed by atoms with E-state index in [4.69, 9.17) is 22.7 Å². The van der Waals surface area contributed by atoms with Crippen LogP contribution < -0.4 is 10.5 Å². The van der Waals surface area contributed by atoms with E-state index in [9.17, 15) is 8.42 Å². The van der Waals surface area contributed by atoms with Crippen LogP contribution in [0.4, 0.5) is 0 Å². The van der Waals surface area contributed by atoms with Crippen LogP contribution in [-0.4, -0.2) is 33.7 Å². The molecule has 0 radical (unpaired) electrons. The molecular weight excluding hydrogens is 272 g/mol. The van der Waals surface area contributed by atoms with E-state index < -0.39 is 10.0 Å². The van der Waals surface area contributed by atoms with Crippen molar-refractivity contribution in [3.8, 4) is 0 Å². The van der Waals surface area contributed by atoms with Crippen molar-refractivity contribution >= 4 is 27.2 Å². The smallest absolute Gasteiger partial charge is 0.240 e. The van der Waals surface area contributed by atoms with Gasteiger partial charge in [-0.2, -0.15) is 0 Å². The lowest BCUT2D eigenvalue weighted by Gasteiger charge is -2.07. The van der Waals surface area contributed by atoms with E-state index in [0.29, 0.717) is 18.0 Å². The van der Waals surface area contributed by atoms with Gasteiger partial charge in [0.05, 0.1) is 16.5 Å². The van der Waals surface area contributed by atoms with Gasteiger partial charge in [0.15, 0.2) is 0 Å². The molecule has 0 spiro atoms. The van der Waals surface area contributed by atoms with Crippen LogP contribution in [0, 0.1) is 0 Å². The molecule has 0 aliphatic rings. The van der Waals surface area contributed by atoms with E-state index in [0.717, 1.165) is 5.56 Å². The van der Waals surface area contributed by atoms with E-state index in [-0.39, 0.29) is 11.4 Å². The normalized spacial score (nSPS) is 11.4. The number of rotatable bonds is 7. The molecule has 0 bridgehead atoms. The molecule has 18 heavy (non-hydrogen) atoms. The maximum absolute atomic E-state index is 11.8. The number of hydrogen-bond acceptors (Lipinski definition) is 4. The monoisotopic (exact) mass is 288 g/mol. The van der Waals surface area contributed by atoms with E-state index in [1.54, 1.807) is 12.1 Å². The topological polar surface area (TPSA) is 81.4 Å². The van der Waals surface area contributed by atoms with Crippen LogP contribution in [0.1, 0.15) is 5.56 Å². The number of hydrogen-bond donors (Lipinski definition) is 2. The Hall–Kier alpha value is -1.02. The third-order valence-corrected chi connectivity index (χ3v) is 3.83. The average molecular weight is 288 g/mol. The molecule has 0 aliphatic heterocycles. The Morgan fingerprint density at radius 3 is 2.50 bits per heavy atom. The first kappa shape index (κ1) is 15.0. The van der Waals surface area contributed by atoms with Gasteiger partial charge in [-0.3, -0.25) is 0 Å². The van der Waals surface area contributed by atoms with Gasteiger partial charge >= 0.3 is 0 Å². The van der Waals surface area contributed by atoms with Gasteiger partial charge in [0, 0.05) is 20.1 Å². The summed E-state index contributed by atoms with van der Waals surface area (Å²) < 4.78 is 30.9. The Labute approximate surface area is 112 Å². The minimum Gasteiger partial charge on any atom is -0.393 e. The molecule has 0 saturated heterocycles. The average Bonchev–Trinajstić information content (AvgIpc) is 2.29. The van der Waals surface area contributed by atoms with E-state index in [2.05, 4.69) is 4.72 Å². The van der Waals surface area contributed by atoms with Gasteiger partial charge in [-0.1, -0.05) is 24.4 Å². The highest BCUT2D eigenvalue weighted by atomic mass is 32.2. The zero-order valence-corrected chi connectivity index (χ0v) is 11.7. The summed E-state index contributed by atoms with van der Waals surface area (Å²) in [6.45, 7) is 0.576. The highest BCUT2D eigenvalue weighted by Crippen LogP contribution is 2.10. The molecule has 0 unspecified atom stereocenters. The molecule has 0 saturated carbocycles. The molecule has 1 aromatic rings. The van der Waals surface area contributed by atoms with Crippen LogP contribution in [0.15, 0.2) is 29.2 Å². The molecule has 0 heterocycles. The zero-order chi connectivity index (χ0) is 13.6. The van der Waals surface area contributed by atoms with E-state index in [1.807, 2.05) is 0 Å². The third-order valence-electron chi connectivity index (χ3n) is 2.21. The molecule has 1 aromatic carbocycles. The minimum absolute atomic E-state index is 0.213. The van der Waals surface area contributed by atoms with Crippen molar-refractivity contribution in [1.29, 1.82) is 0 Å². The van der Waals surface area contributed by atoms with Crippen molar-refractivity contribution in [2.24, 2.45) is 5.73 Å². The largest absolute Gasteiger partial charge is 0.393 e. The first-order valence-electron chi connectivity index (χ1n) is 5.31. The number of ether oxygens (including phenoxy) is 1. The predicted octanol–water partition coefficient (Wildman–Crippen LogP) is 0.440. The molecule has 0 atom stereocenters. The van der Waals surface area contributed by atoms with Crippen LogP contribution in [0.5, 0.6) is 0 Å². The fourth-order valence-corrected chi connectivity index (χ4v) is 2.53. The SMILES string of the molecule is COCCNS(=O)(=O)c1ccc(CC(N)=S)cc1. The van der Waals surface area contributed by atoms with Gasteiger partial charge < -0.3 is 10.5 Å². The third kappa shape index (κ3) is 4.69. The second-order valence-corrected chi connectivity index (χ2v) is 5.97. The van der Waals surface area contributed by atoms with Crippen LogP contribution in [0.2, 0.25) is 0 Å². The lowest BCUT2D eigenvalue weighted by Crippen LogP contribution is -2.27. The maximum atomic E-state index is 11.8. The Bertz CT molecular complexity index is 498. The highest BCUT2D eigenvalue weighted by Gasteiger charge is 2.12. The molecule has 5 nitrogen and oxygen atoms in total. The van der Waals surface area contributed by atoms with Crippen LogP contribution in [-0.2, 0) is 21.2 Å². The summed E-state index contributed by atoms with van der Waals surface area (Å²) in [5, 5.41) is 0. The predicted molar refractivity (Wildman–Crippen MR) is 74.0 cm³/mol. The summed E-state index contributed by atoms with van der Waals surface area (Å²) in [7, 11) is -1.96. The number of benzene rings is 1. The molecule has 0 aliphatic carbocycles. The van der Waals surface area contributed by atoms with Gasteiger partial charge in [-0.15, -0.1) is 0 Å². The van der Waals surface area contributed by atoms with Gasteiger partial charge in [0.2, 0.25) is 10.0 Å². The number of methoxy groups -OCH3 is 1. The molecule has 100 valence electrons. The van der Waals surface area contributed by atoms with E-state index >= 15 is 0 Å². The Morgan fingerprint density at radius 2 is 2.00 bits per heavy atom. The van der Waals surface area contributed by atoms with Crippen molar-refractivity contribution in [1.82, 2.24) is 4.72 Å². The fourth-order valence-electron chi connectivity index (χ4n) is 1.35. The van der Waals surface area contributed by atoms with Crippen molar-refractivity contribution < 1.29 is 13.2 Å². The second-order valence-electron chi connectivity index (χ2n) is 3.68. The molecule has 0 aromatic heterocycles. The number of sulfonamides is 1. The zero-order valence-electron chi connectivity index (χ0n) is 10.0. The summed E-state index contributed by atoms with van der Waals surface area (Å²) in [5.74, 6) is 0. The molecule has 0 fully saturated rings. The summed E-state index contributed by atoms with van der Waals surface area (Å²) in [6.07, 6.45) is 0.465. The van der Waals surface area contributed by atoms with Gasteiger partial charge in [0.1, 0.15) is 0 Å². The van der Waals surface area contributed by atoms with Crippen molar-refractivity contribution in [3.63, 3.8) is 0 Å². The van der Waals surface area contributed by atoms with Crippen LogP contribution in [0.25, 0.3) is 0 Å². The number of thiocarbonyl (C=S) groups is 1. The molecular formula is C11H16N2O3S2. The quantitative estimate of drug-likeness (QED) is 0.562. The number of nitrogens with two attached hydrogens (primary N) is 1. The van der Waals surface area contributed by atoms with Gasteiger partial charge in [-0.25, -0.2) is 13.1 Å². The van der Waals surface area contributed by atoms with Crippen molar-refractivity contribution in [2.75, 3.05) is 20.3 Å². The standard InChI is InChI=1S/C11H16N2O3S2/c1-16-7-6-13-18(14,15)10-4-2-9(3-5-10)8-11(12)17/h2-5,13H,6-8H2,1H3,(H2,12,17). The Morgan fingerprint density at radius 1 is 1.39 bits per heavy atom. The first-order valence-corrected chi connectivity index (χ1v) is 7.20. The second kappa shape index (κ2) is 6.79. The summed E-state index contributed by atoms with van der Waals surface area (Å²) in [6, 6.07) is 6.46. The Balaban J connectivity index is 2.74. The van der Waals surface area contributed by atoms with Crippen molar-refractivity contribution in [2.45, 2.75) is 11.3 Å². The van der Waals surface area contributed by atoms with Crippen molar-refractivity contribution in [3.05, 3.63) is 29.8 Å². The summed E-state index contributed by atoms with van der Waals surface area (Å²) in [5.41, 5.74) is 6.30. The molecule has 7 heteroatoms. The van der Waals surface area contributed by atoms with Crippen LogP contribution >= 0.6 is 12.2 Å². The van der Waals surface area contributed by atoms with Crippen LogP contribution in [0.3, 0.4) is 0 Å². The maximum Gasteiger partial charge on any atom is 0.240 e. The number of nitrogens with one attached hydrogen (secondary N) is 1. The summed E-state index contributed by atoms with van der Waals surface area (Å²) >= 11 is 4.79. The summed E-state index contributed by atoms with van der Waals surface area (Å²) in [4.78, 5) is 0.592. The first-order chi connectivity index (χ1) is 8.45. The molecule has 3 N–H and O–H groups in total. The molecule has 0 amide bonds. The lowest BCUT2D eigenvalue weighted by molar-refractivity contribution is 0.204. The fraction of sp³-hybridized carbons (Fsp3) is 0.364. The van der Waals surface area contributed by atoms with Gasteiger partial charge in [0.25, 0.3) is 0 Å². The lowest BCUT2D eigenvalue weighted by atomic mass is 10.1. The minimum atomic E-state index is -3.47. The van der Waals surface area contributed by atoms with Gasteiger partial charge in [-0.05, 0) is 17.7 Å². The highest BCUT2D eigenvalue weighted by molar-refractivity contribution is 7.89. The Kier molecular flexibility index (Phi) is 5.67. The van der Waals surface area contributed by atoms with E-state index in [1.165, 1.54) is 19.2 Å².